The SMILES string of the molecule is COc1c(C(N)c2cn(C)cn2)ccc(C)c1C. The third-order valence-electron chi connectivity index (χ3n) is 3.29. The second-order valence-electron chi connectivity index (χ2n) is 4.57. The van der Waals surface area contributed by atoms with Crippen LogP contribution in [0.3, 0.4) is 0 Å². The van der Waals surface area contributed by atoms with Crippen LogP contribution in [0.25, 0.3) is 0 Å². The summed E-state index contributed by atoms with van der Waals surface area (Å²) < 4.78 is 7.38. The first-order valence-corrected chi connectivity index (χ1v) is 5.92. The molecule has 1 heterocycles. The number of aromatic nitrogens is 2. The zero-order valence-corrected chi connectivity index (χ0v) is 11.3. The molecule has 96 valence electrons. The molecule has 1 atom stereocenters. The lowest BCUT2D eigenvalue weighted by Gasteiger charge is -2.17. The van der Waals surface area contributed by atoms with Gasteiger partial charge in [-0.3, -0.25) is 0 Å². The van der Waals surface area contributed by atoms with E-state index in [4.69, 9.17) is 10.5 Å². The largest absolute Gasteiger partial charge is 0.496 e. The molecular formula is C14H19N3O. The summed E-state index contributed by atoms with van der Waals surface area (Å²) in [5.41, 5.74) is 10.4. The number of hydrogen-bond donors (Lipinski definition) is 1. The van der Waals surface area contributed by atoms with Gasteiger partial charge in [0.25, 0.3) is 0 Å². The van der Waals surface area contributed by atoms with E-state index in [2.05, 4.69) is 18.0 Å². The topological polar surface area (TPSA) is 53.1 Å². The lowest BCUT2D eigenvalue weighted by molar-refractivity contribution is 0.404. The fourth-order valence-electron chi connectivity index (χ4n) is 2.08. The predicted octanol–water partition coefficient (Wildman–Crippen LogP) is 2.09. The number of benzene rings is 1. The molecule has 0 spiro atoms. The smallest absolute Gasteiger partial charge is 0.127 e. The minimum atomic E-state index is -0.263. The molecule has 0 fully saturated rings. The van der Waals surface area contributed by atoms with Crippen molar-refractivity contribution in [1.82, 2.24) is 9.55 Å². The van der Waals surface area contributed by atoms with Gasteiger partial charge >= 0.3 is 0 Å². The maximum absolute atomic E-state index is 6.27. The molecule has 0 bridgehead atoms. The molecule has 0 saturated carbocycles. The third-order valence-corrected chi connectivity index (χ3v) is 3.29. The Morgan fingerprint density at radius 2 is 2.06 bits per heavy atom. The summed E-state index contributed by atoms with van der Waals surface area (Å²) in [6.07, 6.45) is 3.68. The van der Waals surface area contributed by atoms with Crippen LogP contribution in [0.1, 0.15) is 28.4 Å². The molecule has 0 radical (unpaired) electrons. The summed E-state index contributed by atoms with van der Waals surface area (Å²) in [5, 5.41) is 0. The normalized spacial score (nSPS) is 12.5. The molecule has 2 aromatic rings. The minimum absolute atomic E-state index is 0.263. The molecule has 2 rings (SSSR count). The number of methoxy groups -OCH3 is 1. The van der Waals surface area contributed by atoms with Gasteiger partial charge in [0.2, 0.25) is 0 Å². The molecule has 0 aliphatic heterocycles. The average molecular weight is 245 g/mol. The molecule has 1 aromatic heterocycles. The lowest BCUT2D eigenvalue weighted by Crippen LogP contribution is -2.14. The number of hydrogen-bond acceptors (Lipinski definition) is 3. The van der Waals surface area contributed by atoms with Gasteiger partial charge in [-0.05, 0) is 25.0 Å². The molecule has 18 heavy (non-hydrogen) atoms. The van der Waals surface area contributed by atoms with E-state index in [9.17, 15) is 0 Å². The monoisotopic (exact) mass is 245 g/mol. The van der Waals surface area contributed by atoms with Gasteiger partial charge in [0.05, 0.1) is 25.2 Å². The summed E-state index contributed by atoms with van der Waals surface area (Å²) in [7, 11) is 3.61. The molecule has 0 amide bonds. The van der Waals surface area contributed by atoms with Crippen molar-refractivity contribution in [3.8, 4) is 5.75 Å². The van der Waals surface area contributed by atoms with E-state index < -0.39 is 0 Å². The summed E-state index contributed by atoms with van der Waals surface area (Å²) in [6.45, 7) is 4.11. The first kappa shape index (κ1) is 12.6. The average Bonchev–Trinajstić information content (AvgIpc) is 2.78. The highest BCUT2D eigenvalue weighted by Gasteiger charge is 2.18. The summed E-state index contributed by atoms with van der Waals surface area (Å²) in [4.78, 5) is 4.30. The van der Waals surface area contributed by atoms with E-state index in [1.54, 1.807) is 13.4 Å². The Balaban J connectivity index is 2.48. The molecule has 2 N–H and O–H groups in total. The molecule has 0 aliphatic rings. The van der Waals surface area contributed by atoms with Crippen molar-refractivity contribution in [3.05, 3.63) is 47.0 Å². The van der Waals surface area contributed by atoms with Gasteiger partial charge in [-0.25, -0.2) is 4.98 Å². The summed E-state index contributed by atoms with van der Waals surface area (Å²) in [6, 6.07) is 3.82. The first-order chi connectivity index (χ1) is 8.54. The van der Waals surface area contributed by atoms with Crippen molar-refractivity contribution in [3.63, 3.8) is 0 Å². The zero-order chi connectivity index (χ0) is 13.3. The second-order valence-corrected chi connectivity index (χ2v) is 4.57. The molecule has 0 aliphatic carbocycles. The van der Waals surface area contributed by atoms with Gasteiger partial charge in [0.15, 0.2) is 0 Å². The number of aryl methyl sites for hydroxylation is 2. The Hall–Kier alpha value is -1.81. The van der Waals surface area contributed by atoms with Crippen molar-refractivity contribution in [2.75, 3.05) is 7.11 Å². The van der Waals surface area contributed by atoms with Crippen LogP contribution in [0, 0.1) is 13.8 Å². The quantitative estimate of drug-likeness (QED) is 0.901. The van der Waals surface area contributed by atoms with Crippen LogP contribution < -0.4 is 10.5 Å². The molecule has 1 aromatic carbocycles. The Kier molecular flexibility index (Phi) is 3.39. The highest BCUT2D eigenvalue weighted by atomic mass is 16.5. The number of ether oxygens (including phenoxy) is 1. The molecule has 1 unspecified atom stereocenters. The number of nitrogens with two attached hydrogens (primary N) is 1. The number of imidazole rings is 1. The predicted molar refractivity (Wildman–Crippen MR) is 71.7 cm³/mol. The maximum atomic E-state index is 6.27. The fraction of sp³-hybridized carbons (Fsp3) is 0.357. The van der Waals surface area contributed by atoms with E-state index in [0.717, 1.165) is 22.6 Å². The van der Waals surface area contributed by atoms with Crippen LogP contribution in [-0.4, -0.2) is 16.7 Å². The Bertz CT molecular complexity index is 560. The van der Waals surface area contributed by atoms with Gasteiger partial charge in [0, 0.05) is 18.8 Å². The minimum Gasteiger partial charge on any atom is -0.496 e. The van der Waals surface area contributed by atoms with Gasteiger partial charge in [0.1, 0.15) is 5.75 Å². The number of nitrogens with zero attached hydrogens (tertiary/aromatic N) is 2. The second kappa shape index (κ2) is 4.82. The van der Waals surface area contributed by atoms with Gasteiger partial charge in [-0.1, -0.05) is 12.1 Å². The maximum Gasteiger partial charge on any atom is 0.127 e. The van der Waals surface area contributed by atoms with Crippen molar-refractivity contribution in [1.29, 1.82) is 0 Å². The van der Waals surface area contributed by atoms with Crippen LogP contribution in [0.4, 0.5) is 0 Å². The van der Waals surface area contributed by atoms with E-state index in [0.29, 0.717) is 0 Å². The lowest BCUT2D eigenvalue weighted by atomic mass is 9.98. The van der Waals surface area contributed by atoms with Crippen molar-refractivity contribution < 1.29 is 4.74 Å². The van der Waals surface area contributed by atoms with Gasteiger partial charge < -0.3 is 15.0 Å². The van der Waals surface area contributed by atoms with Crippen LogP contribution in [0.2, 0.25) is 0 Å². The Morgan fingerprint density at radius 3 is 2.61 bits per heavy atom. The van der Waals surface area contributed by atoms with E-state index in [-0.39, 0.29) is 6.04 Å². The molecule has 0 saturated heterocycles. The molecule has 4 nitrogen and oxygen atoms in total. The molecular weight excluding hydrogens is 226 g/mol. The van der Waals surface area contributed by atoms with Crippen molar-refractivity contribution in [2.24, 2.45) is 12.8 Å². The van der Waals surface area contributed by atoms with Gasteiger partial charge in [-0.15, -0.1) is 0 Å². The van der Waals surface area contributed by atoms with Crippen LogP contribution in [0.15, 0.2) is 24.7 Å². The molecule has 4 heteroatoms. The highest BCUT2D eigenvalue weighted by Crippen LogP contribution is 2.32. The first-order valence-electron chi connectivity index (χ1n) is 5.92. The van der Waals surface area contributed by atoms with E-state index >= 15 is 0 Å². The zero-order valence-electron chi connectivity index (χ0n) is 11.3. The van der Waals surface area contributed by atoms with Crippen molar-refractivity contribution >= 4 is 0 Å². The summed E-state index contributed by atoms with van der Waals surface area (Å²) >= 11 is 0. The Morgan fingerprint density at radius 1 is 1.33 bits per heavy atom. The van der Waals surface area contributed by atoms with Crippen LogP contribution in [0.5, 0.6) is 5.75 Å². The number of rotatable bonds is 3. The van der Waals surface area contributed by atoms with Crippen LogP contribution in [-0.2, 0) is 7.05 Å². The standard InChI is InChI=1S/C14H19N3O/c1-9-5-6-11(14(18-4)10(9)2)13(15)12-7-17(3)8-16-12/h5-8,13H,15H2,1-4H3. The third kappa shape index (κ3) is 2.11. The highest BCUT2D eigenvalue weighted by molar-refractivity contribution is 5.48. The van der Waals surface area contributed by atoms with Crippen LogP contribution >= 0.6 is 0 Å². The van der Waals surface area contributed by atoms with E-state index in [1.807, 2.05) is 30.8 Å². The summed E-state index contributed by atoms with van der Waals surface area (Å²) in [5.74, 6) is 0.855. The Labute approximate surface area is 107 Å². The van der Waals surface area contributed by atoms with E-state index in [1.165, 1.54) is 5.56 Å². The van der Waals surface area contributed by atoms with Crippen molar-refractivity contribution in [2.45, 2.75) is 19.9 Å². The van der Waals surface area contributed by atoms with Gasteiger partial charge in [-0.2, -0.15) is 0 Å². The fourth-order valence-corrected chi connectivity index (χ4v) is 2.08.